The van der Waals surface area contributed by atoms with Crippen LogP contribution in [0.1, 0.15) is 16.7 Å². The van der Waals surface area contributed by atoms with Gasteiger partial charge in [0, 0.05) is 42.2 Å². The average molecular weight is 537 g/mol. The Morgan fingerprint density at radius 2 is 1.77 bits per heavy atom. The first-order valence-corrected chi connectivity index (χ1v) is 13.6. The number of carbonyl (C=O) groups is 1. The Kier molecular flexibility index (Phi) is 6.10. The number of nitrogens with zero attached hydrogens (tertiary/aromatic N) is 5. The number of aliphatic imine (C=N–C) groups is 1. The first-order chi connectivity index (χ1) is 19.2. The molecule has 1 saturated heterocycles. The number of benzene rings is 2. The molecule has 0 saturated carbocycles. The van der Waals surface area contributed by atoms with E-state index in [1.807, 2.05) is 60.7 Å². The van der Waals surface area contributed by atoms with Crippen molar-refractivity contribution in [1.82, 2.24) is 15.2 Å². The van der Waals surface area contributed by atoms with Crippen LogP contribution in [0.4, 0.5) is 11.7 Å². The van der Waals surface area contributed by atoms with Gasteiger partial charge >= 0.3 is 6.01 Å². The van der Waals surface area contributed by atoms with Crippen LogP contribution >= 0.6 is 11.3 Å². The number of morpholine rings is 1. The predicted octanol–water partition coefficient (Wildman–Crippen LogP) is 4.58. The highest BCUT2D eigenvalue weighted by Crippen LogP contribution is 2.44. The molecule has 5 heterocycles. The number of Topliss-reactive ketones (excluding diaryl/α,β-unsaturated/α-hetero) is 1. The number of hydrogen-bond acceptors (Lipinski definition) is 10. The SMILES string of the molecule is O=C1Cc2ccccc2C(c2ccccc2)=N[C@@H]1Nc1nnc(-c2sc3ncccc3c2N2CCOCC2)o1. The van der Waals surface area contributed by atoms with E-state index in [0.717, 1.165) is 56.3 Å². The summed E-state index contributed by atoms with van der Waals surface area (Å²) in [4.78, 5) is 26.8. The monoisotopic (exact) mass is 536 g/mol. The Balaban J connectivity index is 1.24. The summed E-state index contributed by atoms with van der Waals surface area (Å²) in [6.45, 7) is 2.84. The fraction of sp³-hybridized carbons (Fsp3) is 0.207. The molecule has 0 spiro atoms. The number of pyridine rings is 1. The first-order valence-electron chi connectivity index (χ1n) is 12.8. The zero-order valence-corrected chi connectivity index (χ0v) is 21.7. The largest absolute Gasteiger partial charge is 0.402 e. The maximum atomic E-state index is 13.3. The molecule has 1 fully saturated rings. The minimum atomic E-state index is -0.872. The molecule has 7 rings (SSSR count). The lowest BCUT2D eigenvalue weighted by atomic mass is 9.96. The zero-order valence-electron chi connectivity index (χ0n) is 20.9. The highest BCUT2D eigenvalue weighted by atomic mass is 32.1. The summed E-state index contributed by atoms with van der Waals surface area (Å²) in [6, 6.07) is 21.9. The number of rotatable bonds is 5. The van der Waals surface area contributed by atoms with E-state index < -0.39 is 6.17 Å². The summed E-state index contributed by atoms with van der Waals surface area (Å²) in [5.41, 5.74) is 4.59. The van der Waals surface area contributed by atoms with Gasteiger partial charge in [-0.1, -0.05) is 59.7 Å². The van der Waals surface area contributed by atoms with Gasteiger partial charge in [0.1, 0.15) is 9.71 Å². The molecular weight excluding hydrogens is 512 g/mol. The van der Waals surface area contributed by atoms with Crippen LogP contribution < -0.4 is 10.2 Å². The Morgan fingerprint density at radius 1 is 0.949 bits per heavy atom. The Labute approximate surface area is 228 Å². The van der Waals surface area contributed by atoms with Gasteiger partial charge in [-0.05, 0) is 17.7 Å². The van der Waals surface area contributed by atoms with Crippen LogP contribution in [0, 0.1) is 0 Å². The molecule has 2 aliphatic heterocycles. The van der Waals surface area contributed by atoms with Crippen molar-refractivity contribution in [3.05, 3.63) is 89.6 Å². The van der Waals surface area contributed by atoms with E-state index in [0.29, 0.717) is 19.1 Å². The number of thiophene rings is 1. The maximum absolute atomic E-state index is 13.3. The minimum absolute atomic E-state index is 0.0757. The van der Waals surface area contributed by atoms with E-state index in [1.54, 1.807) is 6.20 Å². The highest BCUT2D eigenvalue weighted by Gasteiger charge is 2.29. The van der Waals surface area contributed by atoms with E-state index in [1.165, 1.54) is 11.3 Å². The quantitative estimate of drug-likeness (QED) is 0.348. The fourth-order valence-electron chi connectivity index (χ4n) is 5.06. The van der Waals surface area contributed by atoms with Crippen LogP contribution in [0.15, 0.2) is 82.3 Å². The van der Waals surface area contributed by atoms with Crippen LogP contribution in [0.25, 0.3) is 21.0 Å². The van der Waals surface area contributed by atoms with E-state index in [9.17, 15) is 4.79 Å². The molecular formula is C29H24N6O3S. The van der Waals surface area contributed by atoms with E-state index in [4.69, 9.17) is 14.1 Å². The van der Waals surface area contributed by atoms with Gasteiger partial charge in [-0.25, -0.2) is 4.98 Å². The van der Waals surface area contributed by atoms with Gasteiger partial charge in [-0.2, -0.15) is 0 Å². The molecule has 2 aromatic carbocycles. The molecule has 9 nitrogen and oxygen atoms in total. The number of ether oxygens (including phenoxy) is 1. The molecule has 194 valence electrons. The highest BCUT2D eigenvalue weighted by molar-refractivity contribution is 7.22. The van der Waals surface area contributed by atoms with Crippen LogP contribution in [0.3, 0.4) is 0 Å². The smallest absolute Gasteiger partial charge is 0.317 e. The van der Waals surface area contributed by atoms with Gasteiger partial charge < -0.3 is 19.4 Å². The summed E-state index contributed by atoms with van der Waals surface area (Å²) >= 11 is 1.51. The molecule has 0 amide bonds. The minimum Gasteiger partial charge on any atom is -0.402 e. The molecule has 1 N–H and O–H groups in total. The summed E-state index contributed by atoms with van der Waals surface area (Å²) < 4.78 is 11.7. The lowest BCUT2D eigenvalue weighted by Crippen LogP contribution is -2.36. The molecule has 3 aromatic heterocycles. The van der Waals surface area contributed by atoms with Crippen LogP contribution in [-0.2, 0) is 16.0 Å². The lowest BCUT2D eigenvalue weighted by molar-refractivity contribution is -0.119. The Morgan fingerprint density at radius 3 is 2.64 bits per heavy atom. The molecule has 10 heteroatoms. The second kappa shape index (κ2) is 10.0. The maximum Gasteiger partial charge on any atom is 0.317 e. The van der Waals surface area contributed by atoms with Crippen molar-refractivity contribution in [2.24, 2.45) is 4.99 Å². The lowest BCUT2D eigenvalue weighted by Gasteiger charge is -2.29. The second-order valence-electron chi connectivity index (χ2n) is 9.34. The second-order valence-corrected chi connectivity index (χ2v) is 10.3. The third-order valence-corrected chi connectivity index (χ3v) is 7.99. The summed E-state index contributed by atoms with van der Waals surface area (Å²) in [5.74, 6) is 0.298. The van der Waals surface area contributed by atoms with Crippen LogP contribution in [0.5, 0.6) is 0 Å². The number of aromatic nitrogens is 3. The predicted molar refractivity (Wildman–Crippen MR) is 151 cm³/mol. The van der Waals surface area contributed by atoms with Gasteiger partial charge in [-0.15, -0.1) is 16.4 Å². The van der Waals surface area contributed by atoms with Crippen molar-refractivity contribution in [2.75, 3.05) is 36.5 Å². The molecule has 0 unspecified atom stereocenters. The Bertz CT molecular complexity index is 1690. The van der Waals surface area contributed by atoms with E-state index >= 15 is 0 Å². The van der Waals surface area contributed by atoms with Crippen LogP contribution in [0.2, 0.25) is 0 Å². The third kappa shape index (κ3) is 4.47. The molecule has 5 aromatic rings. The van der Waals surface area contributed by atoms with E-state index in [-0.39, 0.29) is 18.2 Å². The number of nitrogens with one attached hydrogen (secondary N) is 1. The Hall–Kier alpha value is -4.41. The number of carbonyl (C=O) groups excluding carboxylic acids is 1. The van der Waals surface area contributed by atoms with Crippen molar-refractivity contribution >= 4 is 44.8 Å². The van der Waals surface area contributed by atoms with Crippen molar-refractivity contribution in [3.8, 4) is 10.8 Å². The zero-order chi connectivity index (χ0) is 26.2. The standard InChI is InChI=1S/C29H24N6O3S/c36-22-17-19-9-4-5-10-20(19)23(18-7-2-1-3-8-18)31-26(22)32-29-34-33-27(38-29)25-24(35-13-15-37-16-14-35)21-11-6-12-30-28(21)39-25/h1-12,26H,13-17H2,(H,32,34)/t26-/m1/s1. The summed E-state index contributed by atoms with van der Waals surface area (Å²) in [7, 11) is 0. The average Bonchev–Trinajstić information content (AvgIpc) is 3.58. The number of anilines is 2. The molecule has 0 bridgehead atoms. The van der Waals surface area contributed by atoms with Crippen molar-refractivity contribution in [1.29, 1.82) is 0 Å². The molecule has 2 aliphatic rings. The topological polar surface area (TPSA) is 106 Å². The third-order valence-electron chi connectivity index (χ3n) is 6.89. The number of ketones is 1. The number of hydrogen-bond donors (Lipinski definition) is 1. The summed E-state index contributed by atoms with van der Waals surface area (Å²) in [5, 5.41) is 12.8. The molecule has 0 radical (unpaired) electrons. The first kappa shape index (κ1) is 23.7. The number of fused-ring (bicyclic) bond motifs is 2. The molecule has 39 heavy (non-hydrogen) atoms. The van der Waals surface area contributed by atoms with Gasteiger partial charge in [-0.3, -0.25) is 9.79 Å². The summed E-state index contributed by atoms with van der Waals surface area (Å²) in [6.07, 6.45) is 1.16. The molecule has 1 atom stereocenters. The van der Waals surface area contributed by atoms with Crippen molar-refractivity contribution in [3.63, 3.8) is 0 Å². The van der Waals surface area contributed by atoms with Crippen molar-refractivity contribution < 1.29 is 13.9 Å². The van der Waals surface area contributed by atoms with Gasteiger partial charge in [0.05, 0.1) is 24.6 Å². The fourth-order valence-corrected chi connectivity index (χ4v) is 6.14. The van der Waals surface area contributed by atoms with Gasteiger partial charge in [0.25, 0.3) is 5.89 Å². The van der Waals surface area contributed by atoms with Gasteiger partial charge in [0.2, 0.25) is 0 Å². The normalized spacial score (nSPS) is 17.5. The van der Waals surface area contributed by atoms with Crippen LogP contribution in [-0.4, -0.2) is 59.1 Å². The molecule has 0 aliphatic carbocycles. The van der Waals surface area contributed by atoms with Gasteiger partial charge in [0.15, 0.2) is 11.9 Å². The van der Waals surface area contributed by atoms with Crippen molar-refractivity contribution in [2.45, 2.75) is 12.6 Å². The van der Waals surface area contributed by atoms with E-state index in [2.05, 4.69) is 31.5 Å².